The van der Waals surface area contributed by atoms with Crippen molar-refractivity contribution in [2.75, 3.05) is 0 Å². The Balaban J connectivity index is 3.00. The molecule has 13 heavy (non-hydrogen) atoms. The summed E-state index contributed by atoms with van der Waals surface area (Å²) >= 11 is 5.18. The van der Waals surface area contributed by atoms with Gasteiger partial charge in [-0.2, -0.15) is 0 Å². The van der Waals surface area contributed by atoms with Crippen LogP contribution in [0.25, 0.3) is 0 Å². The molecule has 0 bridgehead atoms. The molecule has 0 saturated heterocycles. The van der Waals surface area contributed by atoms with Crippen molar-refractivity contribution >= 4 is 22.6 Å². The Labute approximate surface area is 84.7 Å². The summed E-state index contributed by atoms with van der Waals surface area (Å²) in [6, 6.07) is 0. The van der Waals surface area contributed by atoms with Gasteiger partial charge in [0.2, 0.25) is 5.24 Å². The molecule has 3 heteroatoms. The van der Waals surface area contributed by atoms with Crippen molar-refractivity contribution in [2.24, 2.45) is 0 Å². The van der Waals surface area contributed by atoms with Crippen LogP contribution in [0.5, 0.6) is 0 Å². The van der Waals surface area contributed by atoms with Gasteiger partial charge >= 0.3 is 0 Å². The molecule has 0 aliphatic rings. The van der Waals surface area contributed by atoms with E-state index >= 15 is 0 Å². The zero-order valence-electron chi connectivity index (χ0n) is 8.14. The van der Waals surface area contributed by atoms with Gasteiger partial charge in [-0.1, -0.05) is 19.3 Å². The van der Waals surface area contributed by atoms with Gasteiger partial charge in [0.25, 0.3) is 0 Å². The van der Waals surface area contributed by atoms with E-state index in [1.54, 1.807) is 6.92 Å². The lowest BCUT2D eigenvalue weighted by Crippen LogP contribution is -1.90. The van der Waals surface area contributed by atoms with Crippen LogP contribution in [0.2, 0.25) is 0 Å². The van der Waals surface area contributed by atoms with E-state index in [-0.39, 0.29) is 11.0 Å². The second-order valence-corrected chi connectivity index (χ2v) is 3.75. The lowest BCUT2D eigenvalue weighted by molar-refractivity contribution is -0.117. The van der Waals surface area contributed by atoms with Crippen molar-refractivity contribution in [3.8, 4) is 0 Å². The molecule has 0 atom stereocenters. The zero-order chi connectivity index (χ0) is 10.1. The number of carbonyl (C=O) groups excluding carboxylic acids is 2. The first-order valence-electron chi connectivity index (χ1n) is 4.80. The van der Waals surface area contributed by atoms with Gasteiger partial charge in [-0.3, -0.25) is 4.79 Å². The van der Waals surface area contributed by atoms with E-state index in [9.17, 15) is 9.59 Å². The quantitative estimate of drug-likeness (QED) is 0.450. The second kappa shape index (κ2) is 8.24. The van der Waals surface area contributed by atoms with Gasteiger partial charge in [0, 0.05) is 12.8 Å². The number of halogens is 1. The minimum Gasteiger partial charge on any atom is -0.300 e. The lowest BCUT2D eigenvalue weighted by atomic mass is 10.1. The van der Waals surface area contributed by atoms with E-state index in [1.807, 2.05) is 0 Å². The predicted octanol–water partition coefficient (Wildman–Crippen LogP) is 3.07. The first kappa shape index (κ1) is 12.6. The number of Topliss-reactive ketones (excluding diaryl/α,β-unsaturated/α-hetero) is 1. The van der Waals surface area contributed by atoms with Crippen molar-refractivity contribution in [1.82, 2.24) is 0 Å². The van der Waals surface area contributed by atoms with Crippen molar-refractivity contribution in [1.29, 1.82) is 0 Å². The lowest BCUT2D eigenvalue weighted by Gasteiger charge is -1.98. The van der Waals surface area contributed by atoms with Crippen LogP contribution in [0.1, 0.15) is 51.9 Å². The minimum atomic E-state index is -0.247. The number of hydrogen-bond donors (Lipinski definition) is 0. The van der Waals surface area contributed by atoms with Crippen LogP contribution in [0.4, 0.5) is 0 Å². The van der Waals surface area contributed by atoms with Gasteiger partial charge in [0.15, 0.2) is 0 Å². The van der Waals surface area contributed by atoms with Crippen molar-refractivity contribution in [2.45, 2.75) is 51.9 Å². The summed E-state index contributed by atoms with van der Waals surface area (Å²) in [7, 11) is 0. The summed E-state index contributed by atoms with van der Waals surface area (Å²) in [4.78, 5) is 20.9. The predicted molar refractivity (Wildman–Crippen MR) is 53.9 cm³/mol. The molecule has 0 heterocycles. The highest BCUT2D eigenvalue weighted by atomic mass is 35.5. The smallest absolute Gasteiger partial charge is 0.221 e. The molecular weight excluding hydrogens is 188 g/mol. The highest BCUT2D eigenvalue weighted by Gasteiger charge is 1.96. The number of ketones is 1. The highest BCUT2D eigenvalue weighted by Crippen LogP contribution is 2.08. The summed E-state index contributed by atoms with van der Waals surface area (Å²) < 4.78 is 0. The molecule has 0 aliphatic carbocycles. The van der Waals surface area contributed by atoms with Gasteiger partial charge in [-0.25, -0.2) is 0 Å². The third-order valence-electron chi connectivity index (χ3n) is 1.90. The molecule has 76 valence electrons. The third-order valence-corrected chi connectivity index (χ3v) is 2.09. The Hall–Kier alpha value is -0.370. The molecule has 0 saturated carbocycles. The van der Waals surface area contributed by atoms with E-state index in [1.165, 1.54) is 0 Å². The Bertz CT molecular complexity index is 148. The molecule has 0 spiro atoms. The van der Waals surface area contributed by atoms with E-state index in [2.05, 4.69) is 0 Å². The fourth-order valence-electron chi connectivity index (χ4n) is 1.17. The van der Waals surface area contributed by atoms with Crippen molar-refractivity contribution < 1.29 is 9.59 Å². The van der Waals surface area contributed by atoms with Crippen LogP contribution in [0.15, 0.2) is 0 Å². The van der Waals surface area contributed by atoms with Crippen molar-refractivity contribution in [3.63, 3.8) is 0 Å². The van der Waals surface area contributed by atoms with Crippen LogP contribution >= 0.6 is 11.6 Å². The normalized spacial score (nSPS) is 10.0. The van der Waals surface area contributed by atoms with E-state index in [4.69, 9.17) is 11.6 Å². The van der Waals surface area contributed by atoms with E-state index in [0.717, 1.165) is 32.1 Å². The minimum absolute atomic E-state index is 0.247. The molecule has 0 N–H and O–H groups in total. The van der Waals surface area contributed by atoms with Crippen LogP contribution in [-0.4, -0.2) is 11.0 Å². The van der Waals surface area contributed by atoms with Gasteiger partial charge in [-0.15, -0.1) is 0 Å². The van der Waals surface area contributed by atoms with Crippen LogP contribution in [0, 0.1) is 0 Å². The maximum atomic E-state index is 10.6. The standard InChI is InChI=1S/C10H17ClO2/c1-9(12)7-5-3-2-4-6-8-10(11)13/h2-8H2,1H3. The Kier molecular flexibility index (Phi) is 8.00. The molecule has 0 aromatic carbocycles. The molecule has 0 fully saturated rings. The third kappa shape index (κ3) is 11.6. The molecule has 0 aromatic heterocycles. The summed E-state index contributed by atoms with van der Waals surface area (Å²) in [5.41, 5.74) is 0. The van der Waals surface area contributed by atoms with Gasteiger partial charge in [0.1, 0.15) is 5.78 Å². The van der Waals surface area contributed by atoms with E-state index in [0.29, 0.717) is 12.8 Å². The summed E-state index contributed by atoms with van der Waals surface area (Å²) in [6.07, 6.45) is 6.24. The number of hydrogen-bond acceptors (Lipinski definition) is 2. The average Bonchev–Trinajstić information content (AvgIpc) is 2.01. The first-order valence-corrected chi connectivity index (χ1v) is 5.18. The molecule has 0 radical (unpaired) electrons. The molecule has 0 aliphatic heterocycles. The van der Waals surface area contributed by atoms with Gasteiger partial charge in [-0.05, 0) is 31.4 Å². The molecule has 0 unspecified atom stereocenters. The number of unbranched alkanes of at least 4 members (excludes halogenated alkanes) is 4. The monoisotopic (exact) mass is 204 g/mol. The maximum Gasteiger partial charge on any atom is 0.221 e. The second-order valence-electron chi connectivity index (χ2n) is 3.32. The number of carbonyl (C=O) groups is 2. The first-order chi connectivity index (χ1) is 6.13. The zero-order valence-corrected chi connectivity index (χ0v) is 8.90. The topological polar surface area (TPSA) is 34.1 Å². The van der Waals surface area contributed by atoms with Gasteiger partial charge in [0.05, 0.1) is 0 Å². The molecular formula is C10H17ClO2. The van der Waals surface area contributed by atoms with Crippen LogP contribution < -0.4 is 0 Å². The largest absolute Gasteiger partial charge is 0.300 e. The Morgan fingerprint density at radius 1 is 0.923 bits per heavy atom. The fraction of sp³-hybridized carbons (Fsp3) is 0.800. The number of rotatable bonds is 8. The van der Waals surface area contributed by atoms with E-state index < -0.39 is 0 Å². The molecule has 0 rings (SSSR count). The van der Waals surface area contributed by atoms with Crippen molar-refractivity contribution in [3.05, 3.63) is 0 Å². The Morgan fingerprint density at radius 3 is 1.85 bits per heavy atom. The molecule has 0 amide bonds. The highest BCUT2D eigenvalue weighted by molar-refractivity contribution is 6.63. The fourth-order valence-corrected chi connectivity index (χ4v) is 1.30. The maximum absolute atomic E-state index is 10.6. The summed E-state index contributed by atoms with van der Waals surface area (Å²) in [6.45, 7) is 1.62. The summed E-state index contributed by atoms with van der Waals surface area (Å²) in [5.74, 6) is 0.260. The van der Waals surface area contributed by atoms with Gasteiger partial charge < -0.3 is 4.79 Å². The SMILES string of the molecule is CC(=O)CCCCCCCC(=O)Cl. The average molecular weight is 205 g/mol. The molecule has 0 aromatic rings. The summed E-state index contributed by atoms with van der Waals surface area (Å²) in [5, 5.41) is -0.247. The van der Waals surface area contributed by atoms with Crippen LogP contribution in [-0.2, 0) is 9.59 Å². The Morgan fingerprint density at radius 2 is 1.38 bits per heavy atom. The van der Waals surface area contributed by atoms with Crippen LogP contribution in [0.3, 0.4) is 0 Å². The molecule has 2 nitrogen and oxygen atoms in total.